The number of nitrogens with zero attached hydrogens (tertiary/aromatic N) is 2. The molecule has 0 unspecified atom stereocenters. The first-order valence-electron chi connectivity index (χ1n) is 6.65. The number of ketones is 1. The summed E-state index contributed by atoms with van der Waals surface area (Å²) in [7, 11) is 0. The van der Waals surface area contributed by atoms with E-state index in [1.807, 2.05) is 48.5 Å². The molecule has 4 heteroatoms. The summed E-state index contributed by atoms with van der Waals surface area (Å²) < 4.78 is 0. The van der Waals surface area contributed by atoms with Crippen LogP contribution in [0.4, 0.5) is 0 Å². The second kappa shape index (κ2) is 6.05. The first kappa shape index (κ1) is 13.1. The van der Waals surface area contributed by atoms with E-state index in [0.717, 1.165) is 5.56 Å². The Bertz CT molecular complexity index is 721. The Labute approximate surface area is 122 Å². The van der Waals surface area contributed by atoms with Crippen LogP contribution in [-0.2, 0) is 6.61 Å². The molecule has 0 radical (unpaired) electrons. The highest BCUT2D eigenvalue weighted by molar-refractivity contribution is 6.07. The van der Waals surface area contributed by atoms with Crippen molar-refractivity contribution < 1.29 is 9.63 Å². The number of benzene rings is 2. The lowest BCUT2D eigenvalue weighted by atomic mass is 10.1. The van der Waals surface area contributed by atoms with Gasteiger partial charge in [-0.15, -0.1) is 5.10 Å². The van der Waals surface area contributed by atoms with E-state index in [9.17, 15) is 4.79 Å². The Morgan fingerprint density at radius 1 is 0.952 bits per heavy atom. The first-order valence-corrected chi connectivity index (χ1v) is 6.65. The van der Waals surface area contributed by atoms with Crippen molar-refractivity contribution in [3.63, 3.8) is 0 Å². The number of aromatic nitrogens is 2. The van der Waals surface area contributed by atoms with Crippen molar-refractivity contribution in [2.45, 2.75) is 6.61 Å². The zero-order chi connectivity index (χ0) is 14.5. The molecule has 3 rings (SSSR count). The van der Waals surface area contributed by atoms with Crippen molar-refractivity contribution in [3.8, 4) is 0 Å². The lowest BCUT2D eigenvalue weighted by Crippen LogP contribution is -2.19. The van der Waals surface area contributed by atoms with Gasteiger partial charge in [0.1, 0.15) is 6.61 Å². The van der Waals surface area contributed by atoms with E-state index in [1.165, 1.54) is 4.85 Å². The molecule has 21 heavy (non-hydrogen) atoms. The van der Waals surface area contributed by atoms with Gasteiger partial charge in [0.25, 0.3) is 0 Å². The molecular formula is C17H14N2O2. The third kappa shape index (κ3) is 3.00. The summed E-state index contributed by atoms with van der Waals surface area (Å²) in [4.78, 5) is 19.3. The Kier molecular flexibility index (Phi) is 3.78. The summed E-state index contributed by atoms with van der Waals surface area (Å²) in [5, 5.41) is 4.05. The van der Waals surface area contributed by atoms with Crippen molar-refractivity contribution in [3.05, 3.63) is 89.7 Å². The van der Waals surface area contributed by atoms with Crippen LogP contribution in [0.15, 0.2) is 72.9 Å². The normalized spacial score (nSPS) is 10.3. The van der Waals surface area contributed by atoms with E-state index < -0.39 is 0 Å². The number of hydrogen-bond donors (Lipinski definition) is 0. The molecule has 0 aliphatic heterocycles. The molecule has 1 aromatic heterocycles. The molecule has 104 valence electrons. The van der Waals surface area contributed by atoms with Crippen molar-refractivity contribution in [1.29, 1.82) is 0 Å². The second-order valence-electron chi connectivity index (χ2n) is 4.54. The van der Waals surface area contributed by atoms with Crippen LogP contribution < -0.4 is 4.84 Å². The average Bonchev–Trinajstić information content (AvgIpc) is 3.02. The molecule has 0 saturated carbocycles. The minimum Gasteiger partial charge on any atom is -0.391 e. The number of carbonyl (C=O) groups is 1. The fourth-order valence-corrected chi connectivity index (χ4v) is 2.00. The van der Waals surface area contributed by atoms with Crippen molar-refractivity contribution in [2.75, 3.05) is 0 Å². The lowest BCUT2D eigenvalue weighted by Gasteiger charge is -2.08. The summed E-state index contributed by atoms with van der Waals surface area (Å²) in [5.41, 5.74) is 2.05. The summed E-state index contributed by atoms with van der Waals surface area (Å²) in [6.07, 6.45) is 1.56. The Morgan fingerprint density at radius 3 is 2.33 bits per heavy atom. The predicted octanol–water partition coefficient (Wildman–Crippen LogP) is 2.74. The van der Waals surface area contributed by atoms with Gasteiger partial charge in [-0.2, -0.15) is 0 Å². The molecule has 1 heterocycles. The van der Waals surface area contributed by atoms with Gasteiger partial charge >= 0.3 is 0 Å². The van der Waals surface area contributed by atoms with Gasteiger partial charge in [0.2, 0.25) is 5.78 Å². The maximum absolute atomic E-state index is 12.4. The zero-order valence-corrected chi connectivity index (χ0v) is 11.3. The quantitative estimate of drug-likeness (QED) is 0.674. The van der Waals surface area contributed by atoms with Crippen molar-refractivity contribution >= 4 is 5.78 Å². The number of hydrogen-bond acceptors (Lipinski definition) is 3. The Balaban J connectivity index is 1.77. The average molecular weight is 278 g/mol. The first-order chi connectivity index (χ1) is 10.3. The van der Waals surface area contributed by atoms with Gasteiger partial charge in [0.15, 0.2) is 5.69 Å². The van der Waals surface area contributed by atoms with Gasteiger partial charge in [0, 0.05) is 5.56 Å². The van der Waals surface area contributed by atoms with Crippen LogP contribution in [-0.4, -0.2) is 15.7 Å². The molecule has 0 aliphatic carbocycles. The summed E-state index contributed by atoms with van der Waals surface area (Å²) in [6.45, 7) is 0.359. The largest absolute Gasteiger partial charge is 0.391 e. The van der Waals surface area contributed by atoms with Gasteiger partial charge < -0.3 is 4.84 Å². The minimum atomic E-state index is -0.110. The van der Waals surface area contributed by atoms with E-state index >= 15 is 0 Å². The summed E-state index contributed by atoms with van der Waals surface area (Å²) in [5.74, 6) is -0.110. The van der Waals surface area contributed by atoms with Crippen LogP contribution in [0.2, 0.25) is 0 Å². The van der Waals surface area contributed by atoms with E-state index in [-0.39, 0.29) is 5.78 Å². The number of rotatable bonds is 5. The van der Waals surface area contributed by atoms with Crippen molar-refractivity contribution in [1.82, 2.24) is 9.94 Å². The smallest absolute Gasteiger partial charge is 0.214 e. The lowest BCUT2D eigenvalue weighted by molar-refractivity contribution is 0.0609. The second-order valence-corrected chi connectivity index (χ2v) is 4.54. The van der Waals surface area contributed by atoms with Crippen molar-refractivity contribution in [2.24, 2.45) is 0 Å². The van der Waals surface area contributed by atoms with Crippen LogP contribution in [0.3, 0.4) is 0 Å². The Hall–Kier alpha value is -2.88. The highest BCUT2D eigenvalue weighted by Gasteiger charge is 2.15. The molecular weight excluding hydrogens is 264 g/mol. The fraction of sp³-hybridized carbons (Fsp3) is 0.0588. The third-order valence-corrected chi connectivity index (χ3v) is 3.07. The van der Waals surface area contributed by atoms with E-state index in [0.29, 0.717) is 17.9 Å². The van der Waals surface area contributed by atoms with E-state index in [2.05, 4.69) is 5.10 Å². The topological polar surface area (TPSA) is 44.1 Å². The Morgan fingerprint density at radius 2 is 1.62 bits per heavy atom. The third-order valence-electron chi connectivity index (χ3n) is 3.07. The molecule has 2 aromatic carbocycles. The van der Waals surface area contributed by atoms with E-state index in [4.69, 9.17) is 4.84 Å². The highest BCUT2D eigenvalue weighted by atomic mass is 16.7. The van der Waals surface area contributed by atoms with Crippen LogP contribution in [0.5, 0.6) is 0 Å². The monoisotopic (exact) mass is 278 g/mol. The number of carbonyl (C=O) groups excluding carboxylic acids is 1. The molecule has 4 nitrogen and oxygen atoms in total. The van der Waals surface area contributed by atoms with Crippen LogP contribution in [0.1, 0.15) is 21.6 Å². The van der Waals surface area contributed by atoms with Gasteiger partial charge in [-0.25, -0.2) is 0 Å². The van der Waals surface area contributed by atoms with Crippen LogP contribution in [0.25, 0.3) is 0 Å². The van der Waals surface area contributed by atoms with Crippen LogP contribution in [0, 0.1) is 0 Å². The fourth-order valence-electron chi connectivity index (χ4n) is 2.00. The molecule has 0 amide bonds. The molecule has 0 saturated heterocycles. The molecule has 3 aromatic rings. The zero-order valence-electron chi connectivity index (χ0n) is 11.3. The molecule has 0 bridgehead atoms. The predicted molar refractivity (Wildman–Crippen MR) is 78.8 cm³/mol. The minimum absolute atomic E-state index is 0.110. The van der Waals surface area contributed by atoms with Gasteiger partial charge in [-0.05, 0) is 11.6 Å². The van der Waals surface area contributed by atoms with Gasteiger partial charge in [-0.3, -0.25) is 4.79 Å². The molecule has 0 fully saturated rings. The summed E-state index contributed by atoms with van der Waals surface area (Å²) >= 11 is 0. The van der Waals surface area contributed by atoms with Gasteiger partial charge in [0.05, 0.1) is 6.20 Å². The molecule has 0 spiro atoms. The standard InChI is InChI=1S/C17H14N2O2/c20-17(15-9-5-2-6-10-15)16-11-12-18-19(16)21-13-14-7-3-1-4-8-14/h1-12H,13H2. The maximum Gasteiger partial charge on any atom is 0.214 e. The molecule has 0 N–H and O–H groups in total. The summed E-state index contributed by atoms with van der Waals surface area (Å²) in [6, 6.07) is 20.5. The van der Waals surface area contributed by atoms with E-state index in [1.54, 1.807) is 24.4 Å². The van der Waals surface area contributed by atoms with Gasteiger partial charge in [-0.1, -0.05) is 65.5 Å². The molecule has 0 atom stereocenters. The SMILES string of the molecule is O=C(c1ccccc1)c1ccnn1OCc1ccccc1. The van der Waals surface area contributed by atoms with Crippen LogP contribution >= 0.6 is 0 Å². The highest BCUT2D eigenvalue weighted by Crippen LogP contribution is 2.09. The molecule has 0 aliphatic rings. The maximum atomic E-state index is 12.4.